The number of aliphatic hydroxyl groups excluding tert-OH is 1. The summed E-state index contributed by atoms with van der Waals surface area (Å²) >= 11 is 0. The molecule has 0 aliphatic heterocycles. The van der Waals surface area contributed by atoms with Gasteiger partial charge in [0.15, 0.2) is 0 Å². The van der Waals surface area contributed by atoms with Gasteiger partial charge in [-0.05, 0) is 18.3 Å². The molecule has 0 fully saturated rings. The van der Waals surface area contributed by atoms with E-state index in [1.165, 1.54) is 6.42 Å². The summed E-state index contributed by atoms with van der Waals surface area (Å²) in [6.07, 6.45) is 8.76. The predicted octanol–water partition coefficient (Wildman–Crippen LogP) is 6.65. The van der Waals surface area contributed by atoms with Crippen LogP contribution >= 0.6 is 0 Å². The second-order valence-corrected chi connectivity index (χ2v) is 5.77. The molecule has 0 aromatic heterocycles. The minimum atomic E-state index is 0.306. The second kappa shape index (κ2) is 30.9. The van der Waals surface area contributed by atoms with Gasteiger partial charge in [-0.25, -0.2) is 0 Å². The van der Waals surface area contributed by atoms with Crippen LogP contribution in [-0.2, 0) is 0 Å². The van der Waals surface area contributed by atoms with Crippen molar-refractivity contribution in [1.29, 1.82) is 0 Å². The van der Waals surface area contributed by atoms with Crippen molar-refractivity contribution in [2.45, 2.75) is 68.7 Å². The second-order valence-electron chi connectivity index (χ2n) is 5.77. The van der Waals surface area contributed by atoms with Crippen molar-refractivity contribution in [3.05, 3.63) is 37.5 Å². The maximum atomic E-state index is 7.00. The average Bonchev–Trinajstić information content (AvgIpc) is 2.33. The summed E-state index contributed by atoms with van der Waals surface area (Å²) in [6.45, 7) is 26.2. The Kier molecular flexibility index (Phi) is 48.7. The molecule has 20 heavy (non-hydrogen) atoms. The van der Waals surface area contributed by atoms with Crippen molar-refractivity contribution in [1.82, 2.24) is 0 Å². The molecular formula is C19H42O. The van der Waals surface area contributed by atoms with Crippen LogP contribution < -0.4 is 0 Å². The molecule has 0 aliphatic rings. The molecule has 0 heterocycles. The summed E-state index contributed by atoms with van der Waals surface area (Å²) in [4.78, 5) is 0. The Labute approximate surface area is 130 Å². The number of hydrogen-bond donors (Lipinski definition) is 1. The predicted molar refractivity (Wildman–Crippen MR) is 99.3 cm³/mol. The Hall–Kier alpha value is -0.820. The number of hydrogen-bond acceptors (Lipinski definition) is 1. The molecule has 0 saturated carbocycles. The molecule has 0 radical (unpaired) electrons. The molecule has 1 N–H and O–H groups in total. The Morgan fingerprint density at radius 1 is 1.00 bits per heavy atom. The molecule has 0 atom stereocenters. The van der Waals surface area contributed by atoms with E-state index in [4.69, 9.17) is 5.11 Å². The average molecular weight is 287 g/mol. The standard InChI is InChI=1S/C6H12.C5H8.C4H10.C3H8.CH4O/c1-5-6(2,3)4;1-3-5-4-2;1-4(2)3;1-3-2;1-2/h5H,1H2,2-4H3;3-5H,1H2,2H3;4H,1-3H3;3H2,1-2H3;2H,1H3/b;5-4-;;;. The summed E-state index contributed by atoms with van der Waals surface area (Å²) in [5.41, 5.74) is 0.306. The zero-order chi connectivity index (χ0) is 17.6. The molecule has 1 heteroatoms. The van der Waals surface area contributed by atoms with Gasteiger partial charge in [0.05, 0.1) is 0 Å². The Bertz CT molecular complexity index is 168. The first-order valence-corrected chi connectivity index (χ1v) is 7.44. The molecule has 1 nitrogen and oxygen atoms in total. The molecule has 0 rings (SSSR count). The topological polar surface area (TPSA) is 20.2 Å². The highest BCUT2D eigenvalue weighted by Crippen LogP contribution is 2.11. The van der Waals surface area contributed by atoms with E-state index in [2.05, 4.69) is 68.5 Å². The first-order chi connectivity index (χ1) is 9.12. The highest BCUT2D eigenvalue weighted by Gasteiger charge is 1.99. The van der Waals surface area contributed by atoms with Gasteiger partial charge in [0.2, 0.25) is 0 Å². The minimum absolute atomic E-state index is 0.306. The number of aliphatic hydroxyl groups is 1. The molecule has 0 saturated heterocycles. The number of rotatable bonds is 1. The Balaban J connectivity index is -0.0000000492. The fraction of sp³-hybridized carbons (Fsp3) is 0.684. The van der Waals surface area contributed by atoms with E-state index in [0.29, 0.717) is 5.41 Å². The van der Waals surface area contributed by atoms with Crippen LogP contribution in [0.15, 0.2) is 37.5 Å². The highest BCUT2D eigenvalue weighted by atomic mass is 16.2. The van der Waals surface area contributed by atoms with Gasteiger partial charge in [-0.1, -0.05) is 92.7 Å². The SMILES string of the molecule is C=C/C=C\C.C=CC(C)(C)C.CC(C)C.CCC.CO. The first kappa shape index (κ1) is 31.5. The van der Waals surface area contributed by atoms with Gasteiger partial charge >= 0.3 is 0 Å². The largest absolute Gasteiger partial charge is 0.400 e. The Morgan fingerprint density at radius 2 is 1.20 bits per heavy atom. The lowest BCUT2D eigenvalue weighted by Gasteiger charge is -2.08. The van der Waals surface area contributed by atoms with Crippen molar-refractivity contribution in [2.24, 2.45) is 11.3 Å². The van der Waals surface area contributed by atoms with Gasteiger partial charge in [0.1, 0.15) is 0 Å². The third-order valence-corrected chi connectivity index (χ3v) is 0.941. The van der Waals surface area contributed by atoms with E-state index < -0.39 is 0 Å². The summed E-state index contributed by atoms with van der Waals surface area (Å²) in [7, 11) is 1.00. The zero-order valence-electron chi connectivity index (χ0n) is 16.0. The van der Waals surface area contributed by atoms with Crippen molar-refractivity contribution in [3.8, 4) is 0 Å². The molecular weight excluding hydrogens is 244 g/mol. The summed E-state index contributed by atoms with van der Waals surface area (Å²) in [5.74, 6) is 0.833. The fourth-order valence-electron chi connectivity index (χ4n) is 0.136. The normalized spacial score (nSPS) is 8.60. The van der Waals surface area contributed by atoms with Crippen molar-refractivity contribution >= 4 is 0 Å². The van der Waals surface area contributed by atoms with Crippen molar-refractivity contribution < 1.29 is 5.11 Å². The Morgan fingerprint density at radius 3 is 1.20 bits per heavy atom. The molecule has 0 amide bonds. The summed E-state index contributed by atoms with van der Waals surface area (Å²) in [6, 6.07) is 0. The van der Waals surface area contributed by atoms with Gasteiger partial charge in [-0.15, -0.1) is 6.58 Å². The molecule has 0 aromatic rings. The van der Waals surface area contributed by atoms with E-state index in [0.717, 1.165) is 13.0 Å². The molecule has 0 spiro atoms. The lowest BCUT2D eigenvalue weighted by atomic mass is 9.98. The van der Waals surface area contributed by atoms with E-state index >= 15 is 0 Å². The third kappa shape index (κ3) is 257. The van der Waals surface area contributed by atoms with Crippen LogP contribution in [0.2, 0.25) is 0 Å². The molecule has 124 valence electrons. The molecule has 0 bridgehead atoms. The van der Waals surface area contributed by atoms with E-state index in [9.17, 15) is 0 Å². The summed E-state index contributed by atoms with van der Waals surface area (Å²) < 4.78 is 0. The first-order valence-electron chi connectivity index (χ1n) is 7.44. The highest BCUT2D eigenvalue weighted by molar-refractivity contribution is 4.94. The maximum Gasteiger partial charge on any atom is 0.0319 e. The van der Waals surface area contributed by atoms with Gasteiger partial charge in [-0.3, -0.25) is 0 Å². The van der Waals surface area contributed by atoms with Crippen LogP contribution in [0.25, 0.3) is 0 Å². The summed E-state index contributed by atoms with van der Waals surface area (Å²) in [5, 5.41) is 7.00. The van der Waals surface area contributed by atoms with Crippen LogP contribution in [0.4, 0.5) is 0 Å². The molecule has 0 unspecified atom stereocenters. The fourth-order valence-corrected chi connectivity index (χ4v) is 0.136. The van der Waals surface area contributed by atoms with Crippen molar-refractivity contribution in [2.75, 3.05) is 7.11 Å². The van der Waals surface area contributed by atoms with Crippen LogP contribution in [-0.4, -0.2) is 12.2 Å². The maximum absolute atomic E-state index is 7.00. The van der Waals surface area contributed by atoms with E-state index in [-0.39, 0.29) is 0 Å². The van der Waals surface area contributed by atoms with Gasteiger partial charge in [-0.2, -0.15) is 0 Å². The minimum Gasteiger partial charge on any atom is -0.400 e. The van der Waals surface area contributed by atoms with Gasteiger partial charge in [0.25, 0.3) is 0 Å². The van der Waals surface area contributed by atoms with Crippen LogP contribution in [0.1, 0.15) is 68.7 Å². The lowest BCUT2D eigenvalue weighted by molar-refractivity contribution is 0.399. The van der Waals surface area contributed by atoms with Crippen LogP contribution in [0.5, 0.6) is 0 Å². The van der Waals surface area contributed by atoms with Crippen LogP contribution in [0.3, 0.4) is 0 Å². The van der Waals surface area contributed by atoms with E-state index in [1.54, 1.807) is 6.08 Å². The quantitative estimate of drug-likeness (QED) is 0.422. The van der Waals surface area contributed by atoms with Crippen molar-refractivity contribution in [3.63, 3.8) is 0 Å². The smallest absolute Gasteiger partial charge is 0.0319 e. The van der Waals surface area contributed by atoms with Gasteiger partial charge < -0.3 is 5.11 Å². The monoisotopic (exact) mass is 286 g/mol. The van der Waals surface area contributed by atoms with E-state index in [1.807, 2.05) is 25.2 Å². The molecule has 0 aromatic carbocycles. The van der Waals surface area contributed by atoms with Crippen LogP contribution in [0, 0.1) is 11.3 Å². The third-order valence-electron chi connectivity index (χ3n) is 0.941. The molecule has 0 aliphatic carbocycles. The lowest BCUT2D eigenvalue weighted by Crippen LogP contribution is -1.96. The van der Waals surface area contributed by atoms with Gasteiger partial charge in [0, 0.05) is 7.11 Å². The number of allylic oxidation sites excluding steroid dienone is 4. The zero-order valence-corrected chi connectivity index (χ0v) is 16.0.